The van der Waals surface area contributed by atoms with Crippen molar-refractivity contribution in [3.63, 3.8) is 0 Å². The molecule has 0 aliphatic carbocycles. The minimum absolute atomic E-state index is 0.0615. The molecule has 4 rings (SSSR count). The van der Waals surface area contributed by atoms with Gasteiger partial charge in [-0.3, -0.25) is 106 Å². The van der Waals surface area contributed by atoms with Crippen LogP contribution in [0.3, 0.4) is 0 Å². The number of nitrogens with zero attached hydrogens (tertiary/aromatic N) is 2. The first-order valence-electron chi connectivity index (χ1n) is 42.3. The molecule has 0 aromatic heterocycles. The Balaban J connectivity index is 1.31. The highest BCUT2D eigenvalue weighted by Crippen LogP contribution is 2.24. The molecule has 2 aliphatic rings. The number of carbonyl (C=O) groups is 22. The molecule has 2 heterocycles. The molecule has 0 bridgehead atoms. The summed E-state index contributed by atoms with van der Waals surface area (Å²) in [6.45, 7) is 18.2. The fourth-order valence-electron chi connectivity index (χ4n) is 12.3. The number of anilines is 2. The second-order valence-electron chi connectivity index (χ2n) is 34.4. The van der Waals surface area contributed by atoms with E-state index in [2.05, 4.69) is 53.2 Å². The number of carbonyl (C=O) groups excluding carboxylic acids is 22. The second-order valence-corrected chi connectivity index (χ2v) is 34.4. The maximum Gasteiger partial charge on any atom is 0.407 e. The Morgan fingerprint density at radius 2 is 0.586 bits per heavy atom. The van der Waals surface area contributed by atoms with Crippen LogP contribution in [0.2, 0.25) is 0 Å². The molecule has 0 radical (unpaired) electrons. The van der Waals surface area contributed by atoms with Crippen LogP contribution in [0, 0.1) is 0 Å². The number of benzene rings is 2. The number of ether oxygens (including phenoxy) is 4. The van der Waals surface area contributed by atoms with E-state index in [1.807, 2.05) is 0 Å². The van der Waals surface area contributed by atoms with Crippen molar-refractivity contribution in [1.82, 2.24) is 52.3 Å². The zero-order valence-electron chi connectivity index (χ0n) is 74.6. The molecule has 2 aromatic rings. The van der Waals surface area contributed by atoms with E-state index in [1.54, 1.807) is 107 Å². The molecule has 0 saturated heterocycles. The standard InChI is InChI=1S/C88H122N12O28/c1-85(2,3)125-73(115)49-65(79(119)93-55-23-19-53(51-101)20-24-55)97-77(117)63(17-13-15-45-91-83(123)127-87(7,8)9)95-67(109)37-35-59(105)29-27-57(103)31-33-61(107)43-47-89-81(121)75(99-69(111)39-40-70(99)112)76(100-71(113)41-42-72(100)114)82(122)90-48-44-62(108)34-32-58(104)28-30-60(106)36-38-68(110)96-64(18-14-16-46-92-84(124)128-88(10,11)12)78(118)98-66(50-74(116)126-86(4,5)6)80(120)94-56-25-21-54(52-102)22-26-56/h19-26,39-42,63-66,75-76,101-102H,13-18,27-38,43-52H2,1-12H3,(H,89,121)(H,90,122)(H,91,123)(H,92,124)(H,93,119)(H,94,120)(H,95,109)(H,96,110)(H,97,117)(H,98,118)/t63-,64-,65-,66-,75?,76?/m0/s1. The molecule has 0 spiro atoms. The molecule has 6 atom stereocenters. The monoisotopic (exact) mass is 1790 g/mol. The van der Waals surface area contributed by atoms with Crippen LogP contribution in [-0.2, 0) is 128 Å². The topological polar surface area (TPSA) is 580 Å². The van der Waals surface area contributed by atoms with Gasteiger partial charge < -0.3 is 82.3 Å². The molecule has 128 heavy (non-hydrogen) atoms. The fourth-order valence-corrected chi connectivity index (χ4v) is 12.3. The van der Waals surface area contributed by atoms with E-state index in [9.17, 15) is 116 Å². The Hall–Kier alpha value is -12.6. The molecule has 40 heteroatoms. The van der Waals surface area contributed by atoms with E-state index >= 15 is 0 Å². The first kappa shape index (κ1) is 108. The number of alkyl carbamates (subject to hydrolysis) is 2. The largest absolute Gasteiger partial charge is 0.460 e. The first-order chi connectivity index (χ1) is 59.9. The number of unbranched alkanes of at least 4 members (excludes halogenated alkanes) is 2. The normalized spacial score (nSPS) is 14.0. The fraction of sp³-hybridized carbons (Fsp3) is 0.568. The van der Waals surface area contributed by atoms with Gasteiger partial charge in [-0.15, -0.1) is 0 Å². The quantitative estimate of drug-likeness (QED) is 0.0194. The number of hydrogen-bond donors (Lipinski definition) is 12. The SMILES string of the molecule is CC(C)(C)OC(=O)C[C@H](NC(=O)[C@H](CCCCNC(=O)OC(C)(C)C)NC(=O)CCC(=O)CCC(=O)CCC(=O)CCNC(=O)C(C(C(=O)NCCC(=O)CCC(=O)CCC(=O)CCC(=O)N[C@@H](CCCCNC(=O)OC(C)(C)C)C(=O)N[C@@H](CC(=O)OC(C)(C)C)C(=O)Nc1ccc(CO)cc1)N1C(=O)C=CC1=O)N1C(=O)C=CC1=O)C(=O)Nc1ccc(CO)cc1. The van der Waals surface area contributed by atoms with Crippen LogP contribution in [0.4, 0.5) is 21.0 Å². The summed E-state index contributed by atoms with van der Waals surface area (Å²) in [6, 6.07) is 1.75. The molecular formula is C88H122N12O28. The van der Waals surface area contributed by atoms with Gasteiger partial charge in [-0.1, -0.05) is 24.3 Å². The Labute approximate surface area is 741 Å². The number of esters is 2. The summed E-state index contributed by atoms with van der Waals surface area (Å²) in [5, 5.41) is 44.2. The van der Waals surface area contributed by atoms with E-state index in [0.717, 1.165) is 24.3 Å². The van der Waals surface area contributed by atoms with E-state index in [1.165, 1.54) is 24.3 Å². The highest BCUT2D eigenvalue weighted by molar-refractivity contribution is 6.19. The number of rotatable bonds is 55. The zero-order chi connectivity index (χ0) is 95.8. The number of hydrogen-bond acceptors (Lipinski definition) is 28. The number of amides is 14. The number of aliphatic hydroxyl groups is 2. The maximum absolute atomic E-state index is 14.2. The smallest absolute Gasteiger partial charge is 0.407 e. The number of imide groups is 2. The summed E-state index contributed by atoms with van der Waals surface area (Å²) < 4.78 is 21.4. The van der Waals surface area contributed by atoms with Gasteiger partial charge in [0.05, 0.1) is 26.1 Å². The van der Waals surface area contributed by atoms with Crippen LogP contribution >= 0.6 is 0 Å². The van der Waals surface area contributed by atoms with Crippen molar-refractivity contribution in [2.24, 2.45) is 0 Å². The molecule has 0 saturated carbocycles. The summed E-state index contributed by atoms with van der Waals surface area (Å²) in [6.07, 6.45) is -4.64. The summed E-state index contributed by atoms with van der Waals surface area (Å²) in [5.41, 5.74) is -1.93. The van der Waals surface area contributed by atoms with Crippen LogP contribution in [0.1, 0.15) is 235 Å². The van der Waals surface area contributed by atoms with Gasteiger partial charge in [0.1, 0.15) is 93.4 Å². The highest BCUT2D eigenvalue weighted by atomic mass is 16.6. The molecule has 702 valence electrons. The van der Waals surface area contributed by atoms with Crippen molar-refractivity contribution in [3.8, 4) is 0 Å². The third kappa shape index (κ3) is 42.6. The molecule has 40 nitrogen and oxygen atoms in total. The van der Waals surface area contributed by atoms with Gasteiger partial charge in [-0.25, -0.2) is 9.59 Å². The van der Waals surface area contributed by atoms with Gasteiger partial charge in [-0.2, -0.15) is 0 Å². The predicted octanol–water partition coefficient (Wildman–Crippen LogP) is 3.74. The minimum atomic E-state index is -2.29. The Kier molecular flexibility index (Phi) is 44.2. The van der Waals surface area contributed by atoms with Crippen LogP contribution in [-0.4, -0.2) is 235 Å². The van der Waals surface area contributed by atoms with E-state index in [-0.39, 0.29) is 102 Å². The second kappa shape index (κ2) is 52.5. The first-order valence-corrected chi connectivity index (χ1v) is 42.3. The van der Waals surface area contributed by atoms with Gasteiger partial charge in [0, 0.05) is 152 Å². The lowest BCUT2D eigenvalue weighted by molar-refractivity contribution is -0.157. The number of Topliss-reactive ketones (excluding diaryl/α,β-unsaturated/α-hetero) is 6. The van der Waals surface area contributed by atoms with Gasteiger partial charge in [-0.05, 0) is 157 Å². The zero-order valence-corrected chi connectivity index (χ0v) is 74.6. The van der Waals surface area contributed by atoms with Crippen molar-refractivity contribution in [2.45, 2.75) is 296 Å². The third-order valence-corrected chi connectivity index (χ3v) is 18.6. The molecule has 0 fully saturated rings. The third-order valence-electron chi connectivity index (χ3n) is 18.6. The van der Waals surface area contributed by atoms with Crippen LogP contribution < -0.4 is 53.2 Å². The summed E-state index contributed by atoms with van der Waals surface area (Å²) in [5.74, 6) is -17.4. The van der Waals surface area contributed by atoms with Crippen LogP contribution in [0.25, 0.3) is 0 Å². The van der Waals surface area contributed by atoms with Crippen molar-refractivity contribution < 1.29 is 135 Å². The van der Waals surface area contributed by atoms with Crippen molar-refractivity contribution in [3.05, 3.63) is 84.0 Å². The number of aliphatic hydroxyl groups excluding tert-OH is 2. The van der Waals surface area contributed by atoms with Crippen molar-refractivity contribution in [2.75, 3.05) is 36.8 Å². The van der Waals surface area contributed by atoms with Crippen molar-refractivity contribution >= 4 is 141 Å². The predicted molar refractivity (Wildman–Crippen MR) is 457 cm³/mol. The van der Waals surface area contributed by atoms with Gasteiger partial charge in [0.25, 0.3) is 23.6 Å². The van der Waals surface area contributed by atoms with E-state index < -0.39 is 279 Å². The van der Waals surface area contributed by atoms with Gasteiger partial charge in [0.15, 0.2) is 0 Å². The molecule has 2 aliphatic heterocycles. The molecule has 2 unspecified atom stereocenters. The van der Waals surface area contributed by atoms with E-state index in [4.69, 9.17) is 18.9 Å². The molecular weight excluding hydrogens is 1670 g/mol. The Bertz CT molecular complexity index is 4100. The van der Waals surface area contributed by atoms with Crippen LogP contribution in [0.5, 0.6) is 0 Å². The number of ketones is 6. The molecule has 2 aromatic carbocycles. The Morgan fingerprint density at radius 3 is 0.859 bits per heavy atom. The average molecular weight is 1800 g/mol. The summed E-state index contributed by atoms with van der Waals surface area (Å²) in [4.78, 5) is 294. The summed E-state index contributed by atoms with van der Waals surface area (Å²) in [7, 11) is 0. The summed E-state index contributed by atoms with van der Waals surface area (Å²) >= 11 is 0. The van der Waals surface area contributed by atoms with E-state index in [0.29, 0.717) is 20.9 Å². The van der Waals surface area contributed by atoms with Crippen molar-refractivity contribution in [1.29, 1.82) is 0 Å². The van der Waals surface area contributed by atoms with Crippen LogP contribution in [0.15, 0.2) is 72.8 Å². The highest BCUT2D eigenvalue weighted by Gasteiger charge is 2.50. The lowest BCUT2D eigenvalue weighted by atomic mass is 10.0. The van der Waals surface area contributed by atoms with Gasteiger partial charge in [0.2, 0.25) is 47.3 Å². The molecule has 14 amide bonds. The number of nitrogens with one attached hydrogen (secondary N) is 10. The average Bonchev–Trinajstić information content (AvgIpc) is 1.60. The maximum atomic E-state index is 14.2. The Morgan fingerprint density at radius 1 is 0.312 bits per heavy atom. The lowest BCUT2D eigenvalue weighted by Gasteiger charge is -2.35. The minimum Gasteiger partial charge on any atom is -0.460 e. The van der Waals surface area contributed by atoms with Gasteiger partial charge >= 0.3 is 24.1 Å². The lowest BCUT2D eigenvalue weighted by Crippen LogP contribution is -2.66. The molecule has 12 N–H and O–H groups in total.